The topological polar surface area (TPSA) is 156 Å². The third-order valence-electron chi connectivity index (χ3n) is 7.06. The van der Waals surface area contributed by atoms with Crippen LogP contribution in [0.4, 0.5) is 30.8 Å². The van der Waals surface area contributed by atoms with E-state index in [1.807, 2.05) is 6.07 Å². The zero-order valence-corrected chi connectivity index (χ0v) is 21.9. The van der Waals surface area contributed by atoms with Crippen molar-refractivity contribution in [3.63, 3.8) is 0 Å². The summed E-state index contributed by atoms with van der Waals surface area (Å²) in [5.41, 5.74) is 0.864. The average Bonchev–Trinajstić information content (AvgIpc) is 3.62. The fourth-order valence-electron chi connectivity index (χ4n) is 4.87. The van der Waals surface area contributed by atoms with Gasteiger partial charge in [-0.15, -0.1) is 0 Å². The van der Waals surface area contributed by atoms with E-state index in [-0.39, 0.29) is 42.8 Å². The molecule has 0 bridgehead atoms. The van der Waals surface area contributed by atoms with Crippen molar-refractivity contribution in [3.8, 4) is 17.3 Å². The zero-order chi connectivity index (χ0) is 29.5. The molecule has 3 atom stereocenters. The van der Waals surface area contributed by atoms with Gasteiger partial charge in [-0.3, -0.25) is 14.5 Å². The third kappa shape index (κ3) is 5.11. The Morgan fingerprint density at radius 3 is 2.68 bits per heavy atom. The molecule has 5 heterocycles. The van der Waals surface area contributed by atoms with Crippen molar-refractivity contribution in [2.45, 2.75) is 44.4 Å². The number of nitrogens with zero attached hydrogens (tertiary/aromatic N) is 9. The Morgan fingerprint density at radius 2 is 2.00 bits per heavy atom. The highest BCUT2D eigenvalue weighted by molar-refractivity contribution is 6.01. The second-order valence-electron chi connectivity index (χ2n) is 9.61. The first kappa shape index (κ1) is 27.8. The maximum Gasteiger partial charge on any atom is 0.408 e. The average molecular weight is 571 g/mol. The summed E-state index contributed by atoms with van der Waals surface area (Å²) >= 11 is 0. The lowest BCUT2D eigenvalue weighted by Crippen LogP contribution is -2.54. The van der Waals surface area contributed by atoms with Gasteiger partial charge in [0, 0.05) is 31.5 Å². The zero-order valence-electron chi connectivity index (χ0n) is 21.9. The highest BCUT2D eigenvalue weighted by Crippen LogP contribution is 2.35. The molecule has 3 aromatic heterocycles. The van der Waals surface area contributed by atoms with Crippen molar-refractivity contribution in [1.82, 2.24) is 29.4 Å². The summed E-state index contributed by atoms with van der Waals surface area (Å²) < 4.78 is 41.3. The van der Waals surface area contributed by atoms with E-state index in [0.717, 1.165) is 9.80 Å². The molecule has 13 nitrogen and oxygen atoms in total. The molecule has 1 unspecified atom stereocenters. The molecule has 214 valence electrons. The van der Waals surface area contributed by atoms with E-state index < -0.39 is 36.4 Å². The molecule has 2 aliphatic heterocycles. The number of hydrogen-bond acceptors (Lipinski definition) is 10. The number of aliphatic hydroxyl groups excluding tert-OH is 1. The fraction of sp³-hybridized carbons (Fsp3) is 0.400. The van der Waals surface area contributed by atoms with Gasteiger partial charge < -0.3 is 24.8 Å². The first-order valence-corrected chi connectivity index (χ1v) is 12.6. The normalized spacial score (nSPS) is 19.6. The van der Waals surface area contributed by atoms with Crippen molar-refractivity contribution < 1.29 is 27.9 Å². The molecule has 1 saturated heterocycles. The number of fused-ring (bicyclic) bond motifs is 1. The predicted molar refractivity (Wildman–Crippen MR) is 138 cm³/mol. The summed E-state index contributed by atoms with van der Waals surface area (Å²) in [7, 11) is 1.51. The molecule has 2 amide bonds. The van der Waals surface area contributed by atoms with Crippen molar-refractivity contribution in [2.75, 3.05) is 35.3 Å². The lowest BCUT2D eigenvalue weighted by atomic mass is 10.2. The smallest absolute Gasteiger partial charge is 0.356 e. The number of aromatic nitrogens is 5. The van der Waals surface area contributed by atoms with Crippen LogP contribution in [0.15, 0.2) is 36.9 Å². The Bertz CT molecular complexity index is 1500. The molecule has 0 radical (unpaired) electrons. The molecule has 41 heavy (non-hydrogen) atoms. The Morgan fingerprint density at radius 1 is 1.27 bits per heavy atom. The number of hydrogen-bond donors (Lipinski definition) is 2. The maximum absolute atomic E-state index is 13.3. The van der Waals surface area contributed by atoms with E-state index in [9.17, 15) is 27.9 Å². The van der Waals surface area contributed by atoms with E-state index in [4.69, 9.17) is 5.26 Å². The van der Waals surface area contributed by atoms with Gasteiger partial charge in [-0.05, 0) is 31.9 Å². The van der Waals surface area contributed by atoms with Crippen molar-refractivity contribution >= 4 is 29.4 Å². The maximum atomic E-state index is 13.3. The molecule has 0 saturated carbocycles. The van der Waals surface area contributed by atoms with E-state index in [0.29, 0.717) is 17.7 Å². The number of amides is 2. The number of aliphatic hydroxyl groups is 1. The number of nitriles is 1. The van der Waals surface area contributed by atoms with E-state index >= 15 is 0 Å². The van der Waals surface area contributed by atoms with Crippen molar-refractivity contribution in [3.05, 3.63) is 42.6 Å². The Hall–Kier alpha value is -4.78. The molecular formula is C25H25F3N10O3. The van der Waals surface area contributed by atoms with Crippen LogP contribution in [0.5, 0.6) is 0 Å². The number of carbonyl (C=O) groups excluding carboxylic acids is 2. The predicted octanol–water partition coefficient (Wildman–Crippen LogP) is 2.16. The van der Waals surface area contributed by atoms with Crippen LogP contribution in [0.25, 0.3) is 11.3 Å². The molecule has 0 spiro atoms. The van der Waals surface area contributed by atoms with Crippen LogP contribution in [0.1, 0.15) is 36.3 Å². The Balaban J connectivity index is 1.32. The summed E-state index contributed by atoms with van der Waals surface area (Å²) in [5, 5.41) is 22.1. The molecule has 16 heteroatoms. The highest BCUT2D eigenvalue weighted by atomic mass is 19.4. The molecule has 0 aliphatic carbocycles. The van der Waals surface area contributed by atoms with Gasteiger partial charge in [-0.1, -0.05) is 6.07 Å². The van der Waals surface area contributed by atoms with Crippen LogP contribution < -0.4 is 15.1 Å². The minimum Gasteiger partial charge on any atom is -0.356 e. The number of imidazole rings is 1. The van der Waals surface area contributed by atoms with Gasteiger partial charge in [-0.25, -0.2) is 19.9 Å². The van der Waals surface area contributed by atoms with E-state index in [1.165, 1.54) is 35.2 Å². The van der Waals surface area contributed by atoms with Gasteiger partial charge in [0.25, 0.3) is 5.91 Å². The summed E-state index contributed by atoms with van der Waals surface area (Å²) in [4.78, 5) is 46.4. The van der Waals surface area contributed by atoms with Gasteiger partial charge in [0.1, 0.15) is 24.4 Å². The largest absolute Gasteiger partial charge is 0.408 e. The summed E-state index contributed by atoms with van der Waals surface area (Å²) in [6.07, 6.45) is -1.31. The second kappa shape index (κ2) is 10.7. The van der Waals surface area contributed by atoms with Crippen LogP contribution in [0.2, 0.25) is 0 Å². The number of rotatable bonds is 6. The van der Waals surface area contributed by atoms with Crippen LogP contribution in [0, 0.1) is 11.3 Å². The first-order valence-electron chi connectivity index (χ1n) is 12.6. The molecule has 5 rings (SSSR count). The minimum absolute atomic E-state index is 0.0108. The third-order valence-corrected chi connectivity index (χ3v) is 7.06. The fourth-order valence-corrected chi connectivity index (χ4v) is 4.87. The van der Waals surface area contributed by atoms with E-state index in [1.54, 1.807) is 25.1 Å². The SMILES string of the molecule is C[C@@H](C(=O)Nc1cccc(-c2cnc(N3CCC[C@H]3C(F)(F)F)nc2)n1)n1cnc2c1C(=O)N(CC#N)C(O)N2C. The number of pyridine rings is 1. The summed E-state index contributed by atoms with van der Waals surface area (Å²) in [6.45, 7) is 1.39. The van der Waals surface area contributed by atoms with Gasteiger partial charge in [0.05, 0.1) is 18.1 Å². The van der Waals surface area contributed by atoms with Crippen LogP contribution in [0.3, 0.4) is 0 Å². The number of halogens is 3. The number of nitrogens with one attached hydrogen (secondary N) is 1. The minimum atomic E-state index is -4.37. The lowest BCUT2D eigenvalue weighted by Gasteiger charge is -2.37. The Labute approximate surface area is 231 Å². The number of anilines is 3. The van der Waals surface area contributed by atoms with Gasteiger partial charge in [0.2, 0.25) is 18.2 Å². The molecular weight excluding hydrogens is 545 g/mol. The van der Waals surface area contributed by atoms with Gasteiger partial charge in [-0.2, -0.15) is 18.4 Å². The standard InChI is InChI=1S/C25H25F3N10O3/c1-14(38-13-32-20-19(38)22(40)37(10-8-29)24(41)35(20)2)21(39)34-18-7-3-5-16(33-18)15-11-30-23(31-12-15)36-9-4-6-17(36)25(26,27)28/h3,5,7,11-14,17,24,41H,4,6,9-10H2,1-2H3,(H,33,34,39)/t14-,17-,24?/m0/s1. The highest BCUT2D eigenvalue weighted by Gasteiger charge is 2.47. The van der Waals surface area contributed by atoms with Crippen LogP contribution in [-0.4, -0.2) is 85.0 Å². The quantitative estimate of drug-likeness (QED) is 0.421. The molecule has 3 aromatic rings. The molecule has 1 fully saturated rings. The number of alkyl halides is 3. The molecule has 0 aromatic carbocycles. The van der Waals surface area contributed by atoms with Crippen LogP contribution in [-0.2, 0) is 4.79 Å². The van der Waals surface area contributed by atoms with Gasteiger partial charge in [0.15, 0.2) is 11.5 Å². The van der Waals surface area contributed by atoms with Crippen molar-refractivity contribution in [1.29, 1.82) is 5.26 Å². The van der Waals surface area contributed by atoms with E-state index in [2.05, 4.69) is 25.3 Å². The molecule has 2 aliphatic rings. The number of carbonyl (C=O) groups is 2. The lowest BCUT2D eigenvalue weighted by molar-refractivity contribution is -0.146. The summed E-state index contributed by atoms with van der Waals surface area (Å²) in [5.74, 6) is -0.851. The summed E-state index contributed by atoms with van der Waals surface area (Å²) in [6, 6.07) is 4.11. The van der Waals surface area contributed by atoms with Gasteiger partial charge >= 0.3 is 6.18 Å². The molecule has 2 N–H and O–H groups in total. The second-order valence-corrected chi connectivity index (χ2v) is 9.61. The van der Waals surface area contributed by atoms with Crippen molar-refractivity contribution in [2.24, 2.45) is 0 Å². The van der Waals surface area contributed by atoms with Crippen LogP contribution >= 0.6 is 0 Å². The Kier molecular flexibility index (Phi) is 7.22. The first-order chi connectivity index (χ1) is 19.5. The monoisotopic (exact) mass is 570 g/mol.